The summed E-state index contributed by atoms with van der Waals surface area (Å²) in [6.45, 7) is 10.1. The van der Waals surface area contributed by atoms with Crippen LogP contribution in [0.15, 0.2) is 43.0 Å². The third kappa shape index (κ3) is 5.03. The van der Waals surface area contributed by atoms with Crippen LogP contribution in [-0.4, -0.2) is 26.7 Å². The number of fused-ring (bicyclic) bond motifs is 1. The second-order valence-corrected chi connectivity index (χ2v) is 11.2. The van der Waals surface area contributed by atoms with Crippen molar-refractivity contribution in [2.24, 2.45) is 0 Å². The number of nitro groups is 1. The molecule has 2 N–H and O–H groups in total. The molecule has 0 spiro atoms. The van der Waals surface area contributed by atoms with Crippen molar-refractivity contribution in [3.8, 4) is 5.75 Å². The molecule has 2 aromatic carbocycles. The number of non-ortho nitro benzene ring substituents is 1. The highest BCUT2D eigenvalue weighted by Gasteiger charge is 2.22. The van der Waals surface area contributed by atoms with Crippen molar-refractivity contribution in [2.45, 2.75) is 26.2 Å². The molecule has 0 amide bonds. The molecular weight excluding hydrogens is 450 g/mol. The van der Waals surface area contributed by atoms with Gasteiger partial charge in [0.25, 0.3) is 5.69 Å². The molecule has 0 aliphatic rings. The first-order chi connectivity index (χ1) is 14.8. The van der Waals surface area contributed by atoms with E-state index in [9.17, 15) is 18.5 Å². The maximum absolute atomic E-state index is 11.9. The Labute approximate surface area is 191 Å². The fourth-order valence-electron chi connectivity index (χ4n) is 3.23. The van der Waals surface area contributed by atoms with Crippen LogP contribution in [0, 0.1) is 10.1 Å². The number of benzene rings is 2. The largest absolute Gasteiger partial charge is 0.492 e. The highest BCUT2D eigenvalue weighted by molar-refractivity contribution is 7.92. The molecule has 0 radical (unpaired) electrons. The number of nitrogens with zero attached hydrogens (tertiary/aromatic N) is 1. The zero-order valence-corrected chi connectivity index (χ0v) is 20.1. The molecule has 1 aromatic heterocycles. The number of nitro benzene ring substituents is 1. The Morgan fingerprint density at radius 2 is 1.84 bits per heavy atom. The molecule has 0 fully saturated rings. The second kappa shape index (κ2) is 8.44. The van der Waals surface area contributed by atoms with Crippen molar-refractivity contribution < 1.29 is 18.1 Å². The third-order valence-corrected chi connectivity index (χ3v) is 6.52. The Balaban J connectivity index is 2.08. The summed E-state index contributed by atoms with van der Waals surface area (Å²) in [6.07, 6.45) is 1.08. The van der Waals surface area contributed by atoms with Gasteiger partial charge in [0.2, 0.25) is 10.0 Å². The van der Waals surface area contributed by atoms with Gasteiger partial charge in [-0.15, -0.1) is 11.3 Å². The van der Waals surface area contributed by atoms with Gasteiger partial charge < -0.3 is 10.1 Å². The number of ether oxygens (including phenoxy) is 1. The SMILES string of the molecule is C=C(Nc1cc(C(C)(C)C)cc(NS(C)(=O)=O)c1OC)c1cc2c([N+](=O)[O-])cccc2s1. The highest BCUT2D eigenvalue weighted by atomic mass is 32.2. The van der Waals surface area contributed by atoms with Crippen LogP contribution in [0.1, 0.15) is 31.2 Å². The van der Waals surface area contributed by atoms with Gasteiger partial charge in [0.15, 0.2) is 5.75 Å². The summed E-state index contributed by atoms with van der Waals surface area (Å²) in [5, 5.41) is 15.1. The molecule has 0 aliphatic heterocycles. The normalized spacial score (nSPS) is 11.9. The molecule has 10 heteroatoms. The molecule has 170 valence electrons. The number of anilines is 2. The number of hydrogen-bond acceptors (Lipinski definition) is 7. The molecule has 8 nitrogen and oxygen atoms in total. The minimum absolute atomic E-state index is 0.0322. The summed E-state index contributed by atoms with van der Waals surface area (Å²) < 4.78 is 32.6. The van der Waals surface area contributed by atoms with Crippen LogP contribution in [-0.2, 0) is 15.4 Å². The van der Waals surface area contributed by atoms with Crippen molar-refractivity contribution in [3.05, 3.63) is 63.5 Å². The monoisotopic (exact) mass is 475 g/mol. The van der Waals surface area contributed by atoms with E-state index in [1.807, 2.05) is 32.9 Å². The smallest absolute Gasteiger partial charge is 0.278 e. The van der Waals surface area contributed by atoms with E-state index >= 15 is 0 Å². The summed E-state index contributed by atoms with van der Waals surface area (Å²) >= 11 is 1.37. The summed E-state index contributed by atoms with van der Waals surface area (Å²) in [7, 11) is -2.09. The van der Waals surface area contributed by atoms with Crippen molar-refractivity contribution in [1.82, 2.24) is 0 Å². The Bertz CT molecular complexity index is 1320. The van der Waals surface area contributed by atoms with Crippen molar-refractivity contribution >= 4 is 54.2 Å². The molecule has 0 saturated carbocycles. The van der Waals surface area contributed by atoms with E-state index in [1.165, 1.54) is 24.5 Å². The zero-order valence-electron chi connectivity index (χ0n) is 18.5. The van der Waals surface area contributed by atoms with Crippen molar-refractivity contribution in [3.63, 3.8) is 0 Å². The number of nitrogens with one attached hydrogen (secondary N) is 2. The average molecular weight is 476 g/mol. The van der Waals surface area contributed by atoms with Gasteiger partial charge in [-0.05, 0) is 35.2 Å². The van der Waals surface area contributed by atoms with Crippen LogP contribution in [0.2, 0.25) is 0 Å². The van der Waals surface area contributed by atoms with E-state index in [4.69, 9.17) is 4.74 Å². The molecule has 0 saturated heterocycles. The van der Waals surface area contributed by atoms with E-state index in [0.29, 0.717) is 28.2 Å². The van der Waals surface area contributed by atoms with E-state index < -0.39 is 14.9 Å². The Hall–Kier alpha value is -3.11. The minimum Gasteiger partial charge on any atom is -0.492 e. The van der Waals surface area contributed by atoms with E-state index in [-0.39, 0.29) is 11.1 Å². The lowest BCUT2D eigenvalue weighted by molar-refractivity contribution is -0.383. The van der Waals surface area contributed by atoms with Gasteiger partial charge in [-0.2, -0.15) is 0 Å². The standard InChI is InChI=1S/C22H25N3O5S2/c1-13(20-12-15-18(25(26)27)8-7-9-19(15)31-20)23-16-10-14(22(2,3)4)11-17(21(16)30-5)24-32(6,28)29/h7-12,23-24H,1H2,2-6H3. The van der Waals surface area contributed by atoms with Gasteiger partial charge in [0.05, 0.1) is 39.9 Å². The molecule has 0 atom stereocenters. The molecule has 0 unspecified atom stereocenters. The molecule has 3 rings (SSSR count). The maximum Gasteiger partial charge on any atom is 0.278 e. The second-order valence-electron chi connectivity index (χ2n) is 8.39. The number of thiophene rings is 1. The first kappa shape index (κ1) is 23.6. The molecule has 0 bridgehead atoms. The topological polar surface area (TPSA) is 111 Å². The Kier molecular flexibility index (Phi) is 6.21. The lowest BCUT2D eigenvalue weighted by Gasteiger charge is -2.24. The van der Waals surface area contributed by atoms with Crippen LogP contribution >= 0.6 is 11.3 Å². The van der Waals surface area contributed by atoms with E-state index in [2.05, 4.69) is 16.6 Å². The lowest BCUT2D eigenvalue weighted by atomic mass is 9.86. The predicted molar refractivity (Wildman–Crippen MR) is 131 cm³/mol. The lowest BCUT2D eigenvalue weighted by Crippen LogP contribution is -2.16. The fraction of sp³-hybridized carbons (Fsp3) is 0.273. The molecule has 0 aliphatic carbocycles. The number of rotatable bonds is 7. The van der Waals surface area contributed by atoms with Crippen molar-refractivity contribution in [1.29, 1.82) is 0 Å². The Morgan fingerprint density at radius 1 is 1.19 bits per heavy atom. The van der Waals surface area contributed by atoms with Gasteiger partial charge >= 0.3 is 0 Å². The molecule has 1 heterocycles. The number of sulfonamides is 1. The number of methoxy groups -OCH3 is 1. The predicted octanol–water partition coefficient (Wildman–Crippen LogP) is 5.57. The van der Waals surface area contributed by atoms with Gasteiger partial charge in [0.1, 0.15) is 0 Å². The zero-order chi connectivity index (χ0) is 23.8. The fourth-order valence-corrected chi connectivity index (χ4v) is 4.79. The van der Waals surface area contributed by atoms with E-state index in [0.717, 1.165) is 21.4 Å². The van der Waals surface area contributed by atoms with Crippen LogP contribution < -0.4 is 14.8 Å². The summed E-state index contributed by atoms with van der Waals surface area (Å²) in [5.41, 5.74) is 2.00. The van der Waals surface area contributed by atoms with Crippen LogP contribution in [0.4, 0.5) is 17.1 Å². The van der Waals surface area contributed by atoms with Gasteiger partial charge in [-0.25, -0.2) is 8.42 Å². The summed E-state index contributed by atoms with van der Waals surface area (Å²) in [4.78, 5) is 11.7. The van der Waals surface area contributed by atoms with Crippen LogP contribution in [0.3, 0.4) is 0 Å². The highest BCUT2D eigenvalue weighted by Crippen LogP contribution is 2.41. The van der Waals surface area contributed by atoms with Gasteiger partial charge in [-0.1, -0.05) is 33.4 Å². The molecule has 32 heavy (non-hydrogen) atoms. The number of hydrogen-bond donors (Lipinski definition) is 2. The molecular formula is C22H25N3O5S2. The maximum atomic E-state index is 11.9. The minimum atomic E-state index is -3.54. The van der Waals surface area contributed by atoms with E-state index in [1.54, 1.807) is 18.2 Å². The summed E-state index contributed by atoms with van der Waals surface area (Å²) in [5.74, 6) is 0.316. The summed E-state index contributed by atoms with van der Waals surface area (Å²) in [6, 6.07) is 10.3. The first-order valence-electron chi connectivity index (χ1n) is 9.63. The average Bonchev–Trinajstić information content (AvgIpc) is 3.10. The van der Waals surface area contributed by atoms with Gasteiger partial charge in [0, 0.05) is 16.5 Å². The van der Waals surface area contributed by atoms with Crippen LogP contribution in [0.25, 0.3) is 15.8 Å². The molecule has 3 aromatic rings. The van der Waals surface area contributed by atoms with Gasteiger partial charge in [-0.3, -0.25) is 14.8 Å². The quantitative estimate of drug-likeness (QED) is 0.341. The first-order valence-corrected chi connectivity index (χ1v) is 12.3. The third-order valence-electron chi connectivity index (χ3n) is 4.77. The van der Waals surface area contributed by atoms with Crippen molar-refractivity contribution in [2.75, 3.05) is 23.4 Å². The van der Waals surface area contributed by atoms with Crippen LogP contribution in [0.5, 0.6) is 5.75 Å². The Morgan fingerprint density at radius 3 is 2.41 bits per heavy atom.